The maximum Gasteiger partial charge on any atom is 0.224 e. The van der Waals surface area contributed by atoms with E-state index in [1.807, 2.05) is 0 Å². The van der Waals surface area contributed by atoms with Gasteiger partial charge in [0.2, 0.25) is 5.95 Å². The van der Waals surface area contributed by atoms with E-state index in [1.165, 1.54) is 0 Å². The molecule has 1 saturated heterocycles. The third-order valence-electron chi connectivity index (χ3n) is 3.23. The Morgan fingerprint density at radius 2 is 1.95 bits per heavy atom. The first kappa shape index (κ1) is 12.2. The van der Waals surface area contributed by atoms with Gasteiger partial charge in [0.25, 0.3) is 0 Å². The van der Waals surface area contributed by atoms with Gasteiger partial charge in [-0.3, -0.25) is 0 Å². The third-order valence-corrected chi connectivity index (χ3v) is 3.23. The molecule has 19 heavy (non-hydrogen) atoms. The number of nitrogen functional groups attached to an aromatic ring is 1. The zero-order valence-electron chi connectivity index (χ0n) is 11.2. The quantitative estimate of drug-likeness (QED) is 0.835. The van der Waals surface area contributed by atoms with Crippen LogP contribution in [0.2, 0.25) is 0 Å². The summed E-state index contributed by atoms with van der Waals surface area (Å²) in [6.45, 7) is 7.20. The molecule has 0 saturated carbocycles. The molecule has 1 aliphatic heterocycles. The zero-order valence-corrected chi connectivity index (χ0v) is 11.2. The molecule has 0 spiro atoms. The van der Waals surface area contributed by atoms with Crippen LogP contribution in [-0.4, -0.2) is 46.2 Å². The lowest BCUT2D eigenvalue weighted by Crippen LogP contribution is -2.37. The van der Waals surface area contributed by atoms with Crippen molar-refractivity contribution in [2.75, 3.05) is 36.9 Å². The highest BCUT2D eigenvalue weighted by atomic mass is 16.5. The summed E-state index contributed by atoms with van der Waals surface area (Å²) in [6, 6.07) is 0. The smallest absolute Gasteiger partial charge is 0.224 e. The van der Waals surface area contributed by atoms with Crippen molar-refractivity contribution in [1.82, 2.24) is 19.9 Å². The maximum absolute atomic E-state index is 5.78. The Balaban J connectivity index is 2.10. The number of imidazole rings is 1. The lowest BCUT2D eigenvalue weighted by molar-refractivity contribution is 0.122. The Labute approximate surface area is 111 Å². The Morgan fingerprint density at radius 1 is 1.21 bits per heavy atom. The van der Waals surface area contributed by atoms with E-state index in [-0.39, 0.29) is 5.95 Å². The highest BCUT2D eigenvalue weighted by molar-refractivity contribution is 5.84. The number of H-pyrrole nitrogens is 1. The van der Waals surface area contributed by atoms with Crippen LogP contribution in [0.1, 0.15) is 25.6 Å². The van der Waals surface area contributed by atoms with E-state index < -0.39 is 0 Å². The number of hydrogen-bond donors (Lipinski definition) is 2. The van der Waals surface area contributed by atoms with Gasteiger partial charge < -0.3 is 20.4 Å². The molecule has 0 aliphatic carbocycles. The van der Waals surface area contributed by atoms with Gasteiger partial charge in [0, 0.05) is 19.0 Å². The van der Waals surface area contributed by atoms with Crippen molar-refractivity contribution in [3.05, 3.63) is 5.82 Å². The molecule has 0 amide bonds. The second-order valence-corrected chi connectivity index (χ2v) is 4.98. The van der Waals surface area contributed by atoms with Crippen molar-refractivity contribution in [2.24, 2.45) is 0 Å². The fourth-order valence-corrected chi connectivity index (χ4v) is 2.19. The van der Waals surface area contributed by atoms with E-state index in [9.17, 15) is 0 Å². The summed E-state index contributed by atoms with van der Waals surface area (Å²) >= 11 is 0. The van der Waals surface area contributed by atoms with E-state index in [2.05, 4.69) is 38.7 Å². The van der Waals surface area contributed by atoms with Crippen LogP contribution in [-0.2, 0) is 4.74 Å². The van der Waals surface area contributed by atoms with Gasteiger partial charge in [-0.25, -0.2) is 4.98 Å². The number of fused-ring (bicyclic) bond motifs is 1. The predicted molar refractivity (Wildman–Crippen MR) is 73.2 cm³/mol. The number of morpholine rings is 1. The molecule has 3 heterocycles. The minimum Gasteiger partial charge on any atom is -0.378 e. The molecule has 7 heteroatoms. The van der Waals surface area contributed by atoms with Gasteiger partial charge >= 0.3 is 0 Å². The molecular formula is C12H18N6O. The molecule has 0 atom stereocenters. The Bertz CT molecular complexity index is 587. The highest BCUT2D eigenvalue weighted by Gasteiger charge is 2.19. The van der Waals surface area contributed by atoms with Crippen molar-refractivity contribution in [2.45, 2.75) is 19.8 Å². The van der Waals surface area contributed by atoms with Crippen LogP contribution in [0.4, 0.5) is 11.8 Å². The van der Waals surface area contributed by atoms with E-state index >= 15 is 0 Å². The average molecular weight is 262 g/mol. The molecule has 2 aromatic heterocycles. The molecule has 7 nitrogen and oxygen atoms in total. The number of ether oxygens (including phenoxy) is 1. The van der Waals surface area contributed by atoms with Crippen LogP contribution in [0.3, 0.4) is 0 Å². The van der Waals surface area contributed by atoms with Crippen molar-refractivity contribution >= 4 is 22.9 Å². The fraction of sp³-hybridized carbons (Fsp3) is 0.583. The van der Waals surface area contributed by atoms with Crippen LogP contribution < -0.4 is 10.6 Å². The van der Waals surface area contributed by atoms with Crippen LogP contribution in [0.15, 0.2) is 0 Å². The van der Waals surface area contributed by atoms with Crippen molar-refractivity contribution < 1.29 is 4.74 Å². The number of anilines is 2. The predicted octanol–water partition coefficient (Wildman–Crippen LogP) is 0.895. The minimum atomic E-state index is 0.260. The molecular weight excluding hydrogens is 244 g/mol. The Morgan fingerprint density at radius 3 is 2.63 bits per heavy atom. The molecule has 3 rings (SSSR count). The van der Waals surface area contributed by atoms with Gasteiger partial charge in [0.15, 0.2) is 11.5 Å². The maximum atomic E-state index is 5.78. The minimum absolute atomic E-state index is 0.260. The van der Waals surface area contributed by atoms with Crippen molar-refractivity contribution in [3.63, 3.8) is 0 Å². The molecule has 102 valence electrons. The first-order valence-electron chi connectivity index (χ1n) is 6.51. The number of nitrogens with one attached hydrogen (secondary N) is 1. The summed E-state index contributed by atoms with van der Waals surface area (Å²) in [7, 11) is 0. The second-order valence-electron chi connectivity index (χ2n) is 4.98. The molecule has 0 radical (unpaired) electrons. The summed E-state index contributed by atoms with van der Waals surface area (Å²) < 4.78 is 5.36. The number of nitrogens with two attached hydrogens (primary N) is 1. The van der Waals surface area contributed by atoms with Crippen LogP contribution in [0.5, 0.6) is 0 Å². The molecule has 2 aromatic rings. The van der Waals surface area contributed by atoms with E-state index in [4.69, 9.17) is 10.5 Å². The molecule has 0 aromatic carbocycles. The van der Waals surface area contributed by atoms with Crippen LogP contribution in [0.25, 0.3) is 11.2 Å². The molecule has 0 bridgehead atoms. The van der Waals surface area contributed by atoms with Gasteiger partial charge in [-0.05, 0) is 0 Å². The molecule has 3 N–H and O–H groups in total. The normalized spacial score (nSPS) is 16.5. The van der Waals surface area contributed by atoms with Gasteiger partial charge in [-0.2, -0.15) is 9.97 Å². The summed E-state index contributed by atoms with van der Waals surface area (Å²) in [5, 5.41) is 0. The Kier molecular flexibility index (Phi) is 2.98. The summed E-state index contributed by atoms with van der Waals surface area (Å²) in [4.78, 5) is 18.5. The molecule has 0 unspecified atom stereocenters. The van der Waals surface area contributed by atoms with E-state index in [0.29, 0.717) is 24.8 Å². The summed E-state index contributed by atoms with van der Waals surface area (Å²) in [5.41, 5.74) is 7.28. The lowest BCUT2D eigenvalue weighted by Gasteiger charge is -2.27. The van der Waals surface area contributed by atoms with Crippen LogP contribution >= 0.6 is 0 Å². The lowest BCUT2D eigenvalue weighted by atomic mass is 10.2. The van der Waals surface area contributed by atoms with Gasteiger partial charge in [0.1, 0.15) is 11.3 Å². The summed E-state index contributed by atoms with van der Waals surface area (Å²) in [5.74, 6) is 2.30. The molecule has 1 aliphatic rings. The van der Waals surface area contributed by atoms with Crippen molar-refractivity contribution in [1.29, 1.82) is 0 Å². The SMILES string of the molecule is CC(C)c1nc2nc(N)nc(N3CCOCC3)c2[nH]1. The average Bonchev–Trinajstić information content (AvgIpc) is 2.82. The standard InChI is InChI=1S/C12H18N6O/c1-7(2)9-14-8-10(15-9)16-12(13)17-11(8)18-3-5-19-6-4-18/h7H,3-6H2,1-2H3,(H3,13,14,15,16,17). The number of nitrogens with zero attached hydrogens (tertiary/aromatic N) is 4. The van der Waals surface area contributed by atoms with Gasteiger partial charge in [-0.1, -0.05) is 13.8 Å². The summed E-state index contributed by atoms with van der Waals surface area (Å²) in [6.07, 6.45) is 0. The highest BCUT2D eigenvalue weighted by Crippen LogP contribution is 2.25. The number of rotatable bonds is 2. The number of aromatic amines is 1. The topological polar surface area (TPSA) is 92.9 Å². The first-order chi connectivity index (χ1) is 9.15. The van der Waals surface area contributed by atoms with Gasteiger partial charge in [0.05, 0.1) is 13.2 Å². The van der Waals surface area contributed by atoms with Crippen molar-refractivity contribution in [3.8, 4) is 0 Å². The fourth-order valence-electron chi connectivity index (χ4n) is 2.19. The van der Waals surface area contributed by atoms with E-state index in [0.717, 1.165) is 30.2 Å². The second kappa shape index (κ2) is 4.65. The van der Waals surface area contributed by atoms with E-state index in [1.54, 1.807) is 0 Å². The van der Waals surface area contributed by atoms with Crippen LogP contribution in [0, 0.1) is 0 Å². The molecule has 1 fully saturated rings. The first-order valence-corrected chi connectivity index (χ1v) is 6.51. The number of aromatic nitrogens is 4. The number of hydrogen-bond acceptors (Lipinski definition) is 6. The van der Waals surface area contributed by atoms with Gasteiger partial charge in [-0.15, -0.1) is 0 Å². The monoisotopic (exact) mass is 262 g/mol. The largest absolute Gasteiger partial charge is 0.378 e. The third kappa shape index (κ3) is 2.21. The zero-order chi connectivity index (χ0) is 13.4. The Hall–Kier alpha value is -1.89.